The van der Waals surface area contributed by atoms with Gasteiger partial charge in [0, 0.05) is 24.8 Å². The molecule has 1 aromatic rings. The number of aryl methyl sites for hydroxylation is 2. The molecule has 2 rings (SSSR count). The molecule has 6 nitrogen and oxygen atoms in total. The van der Waals surface area contributed by atoms with Gasteiger partial charge in [-0.3, -0.25) is 0 Å². The molecule has 1 heterocycles. The van der Waals surface area contributed by atoms with Gasteiger partial charge in [-0.05, 0) is 26.7 Å². The molecule has 0 saturated heterocycles. The Morgan fingerprint density at radius 3 is 2.75 bits per heavy atom. The number of rotatable bonds is 4. The maximum Gasteiger partial charge on any atom is 0.259 e. The number of nitrogens with two attached hydrogens (primary N) is 1. The number of nitrogens with zero attached hydrogens (tertiary/aromatic N) is 2. The van der Waals surface area contributed by atoms with E-state index < -0.39 is 10.0 Å². The minimum Gasteiger partial charge on any atom is -0.334 e. The van der Waals surface area contributed by atoms with Gasteiger partial charge in [0.25, 0.3) is 10.0 Å². The van der Waals surface area contributed by atoms with Gasteiger partial charge in [0.2, 0.25) is 0 Å². The summed E-state index contributed by atoms with van der Waals surface area (Å²) in [6.07, 6.45) is 6.46. The largest absolute Gasteiger partial charge is 0.334 e. The van der Waals surface area contributed by atoms with Crippen LogP contribution in [0.3, 0.4) is 0 Å². The van der Waals surface area contributed by atoms with Crippen molar-refractivity contribution >= 4 is 10.0 Å². The molecule has 20 heavy (non-hydrogen) atoms. The van der Waals surface area contributed by atoms with Crippen molar-refractivity contribution in [2.75, 3.05) is 0 Å². The standard InChI is InChI=1S/C13H24N4O2S/c1-3-17-9-13(15-10(17)2)20(18,19)16-12-8-6-4-5-7-11(12)14/h9,11-12,16H,3-8,14H2,1-2H3. The number of aromatic nitrogens is 2. The summed E-state index contributed by atoms with van der Waals surface area (Å²) in [4.78, 5) is 4.14. The normalized spacial score (nSPS) is 24.6. The SMILES string of the molecule is CCn1cc(S(=O)(=O)NC2CCCCCC2N)nc1C. The molecular formula is C13H24N4O2S. The first-order valence-electron chi connectivity index (χ1n) is 7.25. The van der Waals surface area contributed by atoms with Gasteiger partial charge >= 0.3 is 0 Å². The molecule has 1 aliphatic carbocycles. The fourth-order valence-electron chi connectivity index (χ4n) is 2.67. The fraction of sp³-hybridized carbons (Fsp3) is 0.769. The Morgan fingerprint density at radius 2 is 2.10 bits per heavy atom. The van der Waals surface area contributed by atoms with Crippen molar-refractivity contribution in [1.82, 2.24) is 14.3 Å². The van der Waals surface area contributed by atoms with Gasteiger partial charge < -0.3 is 10.3 Å². The third-order valence-corrected chi connectivity index (χ3v) is 5.31. The zero-order valence-electron chi connectivity index (χ0n) is 12.2. The lowest BCUT2D eigenvalue weighted by Crippen LogP contribution is -2.46. The van der Waals surface area contributed by atoms with E-state index in [1.54, 1.807) is 13.1 Å². The molecule has 0 bridgehead atoms. The van der Waals surface area contributed by atoms with Crippen LogP contribution in [-0.2, 0) is 16.6 Å². The van der Waals surface area contributed by atoms with E-state index in [2.05, 4.69) is 9.71 Å². The van der Waals surface area contributed by atoms with E-state index in [4.69, 9.17) is 5.73 Å². The van der Waals surface area contributed by atoms with Gasteiger partial charge in [0.05, 0.1) is 0 Å². The van der Waals surface area contributed by atoms with Gasteiger partial charge in [0.1, 0.15) is 5.82 Å². The van der Waals surface area contributed by atoms with Crippen LogP contribution in [0.2, 0.25) is 0 Å². The Kier molecular flexibility index (Phi) is 4.82. The lowest BCUT2D eigenvalue weighted by molar-refractivity contribution is 0.455. The van der Waals surface area contributed by atoms with E-state index in [9.17, 15) is 8.42 Å². The van der Waals surface area contributed by atoms with Crippen LogP contribution < -0.4 is 10.5 Å². The molecule has 2 unspecified atom stereocenters. The first kappa shape index (κ1) is 15.5. The summed E-state index contributed by atoms with van der Waals surface area (Å²) in [5.74, 6) is 0.707. The summed E-state index contributed by atoms with van der Waals surface area (Å²) in [5, 5.41) is 0.0910. The van der Waals surface area contributed by atoms with E-state index >= 15 is 0 Å². The van der Waals surface area contributed by atoms with E-state index in [1.165, 1.54) is 0 Å². The topological polar surface area (TPSA) is 90.0 Å². The second-order valence-corrected chi connectivity index (χ2v) is 7.10. The van der Waals surface area contributed by atoms with Crippen LogP contribution in [0.1, 0.15) is 44.9 Å². The van der Waals surface area contributed by atoms with Crippen LogP contribution in [0, 0.1) is 6.92 Å². The van der Waals surface area contributed by atoms with Crippen molar-refractivity contribution in [1.29, 1.82) is 0 Å². The van der Waals surface area contributed by atoms with E-state index in [1.807, 2.05) is 11.5 Å². The van der Waals surface area contributed by atoms with Crippen LogP contribution in [-0.4, -0.2) is 30.1 Å². The lowest BCUT2D eigenvalue weighted by Gasteiger charge is -2.21. The molecule has 0 amide bonds. The smallest absolute Gasteiger partial charge is 0.259 e. The van der Waals surface area contributed by atoms with Gasteiger partial charge in [-0.15, -0.1) is 0 Å². The molecule has 0 aliphatic heterocycles. The van der Waals surface area contributed by atoms with Crippen molar-refractivity contribution in [2.45, 2.75) is 69.6 Å². The Morgan fingerprint density at radius 1 is 1.40 bits per heavy atom. The number of sulfonamides is 1. The molecule has 7 heteroatoms. The van der Waals surface area contributed by atoms with Gasteiger partial charge in [-0.2, -0.15) is 0 Å². The maximum atomic E-state index is 12.4. The van der Waals surface area contributed by atoms with Crippen molar-refractivity contribution in [3.05, 3.63) is 12.0 Å². The highest BCUT2D eigenvalue weighted by Crippen LogP contribution is 2.19. The molecule has 1 aliphatic rings. The van der Waals surface area contributed by atoms with Crippen LogP contribution in [0.15, 0.2) is 11.2 Å². The highest BCUT2D eigenvalue weighted by atomic mass is 32.2. The summed E-state index contributed by atoms with van der Waals surface area (Å²) >= 11 is 0. The molecule has 3 N–H and O–H groups in total. The molecule has 0 radical (unpaired) electrons. The van der Waals surface area contributed by atoms with Crippen molar-refractivity contribution in [3.8, 4) is 0 Å². The van der Waals surface area contributed by atoms with Crippen LogP contribution in [0.4, 0.5) is 0 Å². The van der Waals surface area contributed by atoms with Gasteiger partial charge in [0.15, 0.2) is 5.03 Å². The number of hydrogen-bond donors (Lipinski definition) is 2. The second kappa shape index (κ2) is 6.24. The summed E-state index contributed by atoms with van der Waals surface area (Å²) in [6.45, 7) is 4.47. The van der Waals surface area contributed by atoms with E-state index in [0.29, 0.717) is 12.4 Å². The minimum absolute atomic E-state index is 0.0910. The molecule has 2 atom stereocenters. The maximum absolute atomic E-state index is 12.4. The van der Waals surface area contributed by atoms with E-state index in [-0.39, 0.29) is 17.1 Å². The first-order valence-corrected chi connectivity index (χ1v) is 8.74. The summed E-state index contributed by atoms with van der Waals surface area (Å²) in [6, 6.07) is -0.295. The predicted molar refractivity (Wildman–Crippen MR) is 77.8 cm³/mol. The first-order chi connectivity index (χ1) is 9.44. The number of hydrogen-bond acceptors (Lipinski definition) is 4. The summed E-state index contributed by atoms with van der Waals surface area (Å²) in [5.41, 5.74) is 6.07. The quantitative estimate of drug-likeness (QED) is 0.816. The highest BCUT2D eigenvalue weighted by Gasteiger charge is 2.27. The van der Waals surface area contributed by atoms with Crippen LogP contribution in [0.5, 0.6) is 0 Å². The molecule has 0 aromatic carbocycles. The zero-order valence-corrected chi connectivity index (χ0v) is 13.0. The Labute approximate surface area is 120 Å². The van der Waals surface area contributed by atoms with Crippen molar-refractivity contribution in [2.24, 2.45) is 5.73 Å². The average molecular weight is 300 g/mol. The molecular weight excluding hydrogens is 276 g/mol. The lowest BCUT2D eigenvalue weighted by atomic mass is 10.1. The molecule has 1 saturated carbocycles. The second-order valence-electron chi connectivity index (χ2n) is 5.44. The monoisotopic (exact) mass is 300 g/mol. The molecule has 1 fully saturated rings. The van der Waals surface area contributed by atoms with Crippen LogP contribution >= 0.6 is 0 Å². The Balaban J connectivity index is 2.17. The third-order valence-electron chi connectivity index (χ3n) is 3.95. The van der Waals surface area contributed by atoms with Crippen molar-refractivity contribution in [3.63, 3.8) is 0 Å². The minimum atomic E-state index is -3.58. The Bertz CT molecular complexity index is 553. The molecule has 1 aromatic heterocycles. The summed E-state index contributed by atoms with van der Waals surface area (Å²) in [7, 11) is -3.58. The van der Waals surface area contributed by atoms with Gasteiger partial charge in [-0.1, -0.05) is 19.3 Å². The third kappa shape index (κ3) is 3.39. The number of imidazole rings is 1. The van der Waals surface area contributed by atoms with Crippen LogP contribution in [0.25, 0.3) is 0 Å². The van der Waals surface area contributed by atoms with Gasteiger partial charge in [-0.25, -0.2) is 18.1 Å². The molecule has 114 valence electrons. The summed E-state index contributed by atoms with van der Waals surface area (Å²) < 4.78 is 29.4. The predicted octanol–water partition coefficient (Wildman–Crippen LogP) is 1.15. The average Bonchev–Trinajstić information content (AvgIpc) is 2.67. The highest BCUT2D eigenvalue weighted by molar-refractivity contribution is 7.89. The van der Waals surface area contributed by atoms with E-state index in [0.717, 1.165) is 32.1 Å². The number of nitrogens with one attached hydrogen (secondary N) is 1. The van der Waals surface area contributed by atoms with Crippen molar-refractivity contribution < 1.29 is 8.42 Å². The zero-order chi connectivity index (χ0) is 14.8. The molecule has 0 spiro atoms. The fourth-order valence-corrected chi connectivity index (χ4v) is 4.00. The Hall–Kier alpha value is -0.920.